The van der Waals surface area contributed by atoms with Crippen molar-refractivity contribution in [2.24, 2.45) is 12.2 Å². The van der Waals surface area contributed by atoms with Gasteiger partial charge >= 0.3 is 5.69 Å². The Hall–Kier alpha value is -2.21. The van der Waals surface area contributed by atoms with Crippen molar-refractivity contribution in [1.82, 2.24) is 9.55 Å². The number of nitrogen functional groups attached to an aromatic ring is 1. The SMILES string of the molecule is Cn1cc(COC2OC(CN=[N+]=[N-])C(O)C(O)C2O)c(N)nc1=O. The second-order valence-corrected chi connectivity index (χ2v) is 5.28. The molecule has 1 aromatic heterocycles. The topological polar surface area (TPSA) is 189 Å². The van der Waals surface area contributed by atoms with Crippen LogP contribution in [0, 0.1) is 0 Å². The van der Waals surface area contributed by atoms with Gasteiger partial charge in [-0.3, -0.25) is 0 Å². The summed E-state index contributed by atoms with van der Waals surface area (Å²) in [7, 11) is 1.49. The molecule has 0 aliphatic carbocycles. The van der Waals surface area contributed by atoms with Gasteiger partial charge in [-0.1, -0.05) is 5.11 Å². The average Bonchev–Trinajstić information content (AvgIpc) is 2.55. The molecule has 0 bridgehead atoms. The predicted octanol–water partition coefficient (Wildman–Crippen LogP) is -2.00. The van der Waals surface area contributed by atoms with Gasteiger partial charge in [0.1, 0.15) is 24.1 Å². The number of aryl methyl sites for hydroxylation is 1. The minimum atomic E-state index is -1.54. The first kappa shape index (κ1) is 18.1. The van der Waals surface area contributed by atoms with Gasteiger partial charge in [0.25, 0.3) is 0 Å². The molecule has 1 aromatic rings. The number of nitrogens with two attached hydrogens (primary N) is 1. The second kappa shape index (κ2) is 7.57. The van der Waals surface area contributed by atoms with Crippen LogP contribution >= 0.6 is 0 Å². The first-order chi connectivity index (χ1) is 11.3. The summed E-state index contributed by atoms with van der Waals surface area (Å²) in [6, 6.07) is 0. The molecule has 24 heavy (non-hydrogen) atoms. The Bertz CT molecular complexity index is 689. The normalized spacial score (nSPS) is 29.9. The van der Waals surface area contributed by atoms with E-state index in [-0.39, 0.29) is 19.0 Å². The second-order valence-electron chi connectivity index (χ2n) is 5.28. The lowest BCUT2D eigenvalue weighted by molar-refractivity contribution is -0.297. The summed E-state index contributed by atoms with van der Waals surface area (Å²) < 4.78 is 11.9. The predicted molar refractivity (Wildman–Crippen MR) is 79.4 cm³/mol. The number of aromatic nitrogens is 2. The zero-order chi connectivity index (χ0) is 17.9. The van der Waals surface area contributed by atoms with Gasteiger partial charge in [-0.15, -0.1) is 0 Å². The van der Waals surface area contributed by atoms with E-state index in [9.17, 15) is 20.1 Å². The minimum Gasteiger partial charge on any atom is -0.388 e. The quantitative estimate of drug-likeness (QED) is 0.268. The first-order valence-corrected chi connectivity index (χ1v) is 6.99. The van der Waals surface area contributed by atoms with Crippen molar-refractivity contribution >= 4 is 5.82 Å². The molecule has 12 heteroatoms. The summed E-state index contributed by atoms with van der Waals surface area (Å²) in [5.74, 6) is -0.0328. The molecule has 2 rings (SSSR count). The largest absolute Gasteiger partial charge is 0.388 e. The van der Waals surface area contributed by atoms with Gasteiger partial charge in [0.15, 0.2) is 6.29 Å². The zero-order valence-corrected chi connectivity index (χ0v) is 12.8. The van der Waals surface area contributed by atoms with E-state index in [2.05, 4.69) is 15.0 Å². The van der Waals surface area contributed by atoms with E-state index in [0.717, 1.165) is 0 Å². The molecule has 1 aliphatic rings. The van der Waals surface area contributed by atoms with Crippen molar-refractivity contribution < 1.29 is 24.8 Å². The minimum absolute atomic E-state index is 0.0328. The van der Waals surface area contributed by atoms with E-state index in [1.165, 1.54) is 17.8 Å². The van der Waals surface area contributed by atoms with Crippen LogP contribution in [0.4, 0.5) is 5.82 Å². The van der Waals surface area contributed by atoms with Gasteiger partial charge in [0, 0.05) is 23.7 Å². The number of hydrogen-bond acceptors (Lipinski definition) is 9. The molecule has 5 atom stereocenters. The standard InChI is InChI=1S/C12H18N6O6/c1-18-3-5(10(13)16-12(18)22)4-23-11-9(21)8(20)7(19)6(24-11)2-15-17-14/h3,6-9,11,19-21H,2,4H2,1H3,(H2,13,16,22). The number of ether oxygens (including phenoxy) is 2. The van der Waals surface area contributed by atoms with Gasteiger partial charge in [0.05, 0.1) is 19.3 Å². The van der Waals surface area contributed by atoms with Crippen LogP contribution < -0.4 is 11.4 Å². The molecule has 1 fully saturated rings. The van der Waals surface area contributed by atoms with Crippen LogP contribution in [0.25, 0.3) is 10.4 Å². The zero-order valence-electron chi connectivity index (χ0n) is 12.8. The fraction of sp³-hybridized carbons (Fsp3) is 0.667. The number of anilines is 1. The first-order valence-electron chi connectivity index (χ1n) is 6.99. The number of azide groups is 1. The molecule has 0 amide bonds. The smallest absolute Gasteiger partial charge is 0.349 e. The van der Waals surface area contributed by atoms with Crippen LogP contribution in [0.1, 0.15) is 5.56 Å². The lowest BCUT2D eigenvalue weighted by Gasteiger charge is -2.39. The highest BCUT2D eigenvalue weighted by Gasteiger charge is 2.44. The van der Waals surface area contributed by atoms with E-state index < -0.39 is 36.4 Å². The van der Waals surface area contributed by atoms with Crippen molar-refractivity contribution in [3.63, 3.8) is 0 Å². The van der Waals surface area contributed by atoms with E-state index in [1.54, 1.807) is 0 Å². The average molecular weight is 342 g/mol. The van der Waals surface area contributed by atoms with Crippen LogP contribution in [-0.2, 0) is 23.1 Å². The number of aliphatic hydroxyl groups excluding tert-OH is 3. The highest BCUT2D eigenvalue weighted by atomic mass is 16.7. The molecule has 0 spiro atoms. The van der Waals surface area contributed by atoms with Crippen molar-refractivity contribution in [3.8, 4) is 0 Å². The summed E-state index contributed by atoms with van der Waals surface area (Å²) in [5, 5.41) is 32.9. The molecule has 2 heterocycles. The van der Waals surface area contributed by atoms with Crippen molar-refractivity contribution in [2.75, 3.05) is 12.3 Å². The third-order valence-electron chi connectivity index (χ3n) is 3.59. The molecule has 1 aliphatic heterocycles. The maximum Gasteiger partial charge on any atom is 0.349 e. The number of nitrogens with zero attached hydrogens (tertiary/aromatic N) is 5. The summed E-state index contributed by atoms with van der Waals surface area (Å²) >= 11 is 0. The van der Waals surface area contributed by atoms with Crippen LogP contribution in [0.3, 0.4) is 0 Å². The third-order valence-corrected chi connectivity index (χ3v) is 3.59. The van der Waals surface area contributed by atoms with Gasteiger partial charge < -0.3 is 35.1 Å². The number of hydrogen-bond donors (Lipinski definition) is 4. The Labute approximate surface area is 135 Å². The Morgan fingerprint density at radius 2 is 2.17 bits per heavy atom. The Balaban J connectivity index is 2.09. The molecular formula is C12H18N6O6. The highest BCUT2D eigenvalue weighted by molar-refractivity contribution is 5.36. The fourth-order valence-corrected chi connectivity index (χ4v) is 2.21. The van der Waals surface area contributed by atoms with E-state index in [0.29, 0.717) is 5.56 Å². The lowest BCUT2D eigenvalue weighted by Crippen LogP contribution is -2.58. The Morgan fingerprint density at radius 3 is 2.83 bits per heavy atom. The number of rotatable bonds is 5. The van der Waals surface area contributed by atoms with Crippen molar-refractivity contribution in [1.29, 1.82) is 0 Å². The highest BCUT2D eigenvalue weighted by Crippen LogP contribution is 2.23. The van der Waals surface area contributed by atoms with E-state index in [4.69, 9.17) is 20.7 Å². The Morgan fingerprint density at radius 1 is 1.46 bits per heavy atom. The maximum absolute atomic E-state index is 11.3. The van der Waals surface area contributed by atoms with Crippen molar-refractivity contribution in [3.05, 3.63) is 32.7 Å². The molecule has 5 unspecified atom stereocenters. The van der Waals surface area contributed by atoms with E-state index in [1.807, 2.05) is 0 Å². The number of aliphatic hydroxyl groups is 3. The van der Waals surface area contributed by atoms with Crippen LogP contribution in [0.5, 0.6) is 0 Å². The van der Waals surface area contributed by atoms with Crippen molar-refractivity contribution in [2.45, 2.75) is 37.3 Å². The van der Waals surface area contributed by atoms with Crippen LogP contribution in [-0.4, -0.2) is 62.1 Å². The molecule has 0 radical (unpaired) electrons. The molecule has 0 aromatic carbocycles. The molecule has 12 nitrogen and oxygen atoms in total. The monoisotopic (exact) mass is 342 g/mol. The van der Waals surface area contributed by atoms with Crippen LogP contribution in [0.15, 0.2) is 16.1 Å². The summed E-state index contributed by atoms with van der Waals surface area (Å²) in [6.07, 6.45) is -5.42. The summed E-state index contributed by atoms with van der Waals surface area (Å²) in [5.41, 5.74) is 13.8. The molecule has 132 valence electrons. The summed E-state index contributed by atoms with van der Waals surface area (Å²) in [6.45, 7) is -0.406. The maximum atomic E-state index is 11.3. The van der Waals surface area contributed by atoms with Crippen LogP contribution in [0.2, 0.25) is 0 Å². The van der Waals surface area contributed by atoms with E-state index >= 15 is 0 Å². The van der Waals surface area contributed by atoms with Gasteiger partial charge in [-0.25, -0.2) is 4.79 Å². The molecule has 1 saturated heterocycles. The molecule has 5 N–H and O–H groups in total. The molecular weight excluding hydrogens is 324 g/mol. The lowest BCUT2D eigenvalue weighted by atomic mass is 9.99. The van der Waals surface area contributed by atoms with Gasteiger partial charge in [-0.2, -0.15) is 4.98 Å². The summed E-state index contributed by atoms with van der Waals surface area (Å²) in [4.78, 5) is 17.5. The Kier molecular flexibility index (Phi) is 5.72. The van der Waals surface area contributed by atoms with Gasteiger partial charge in [-0.05, 0) is 5.53 Å². The fourth-order valence-electron chi connectivity index (χ4n) is 2.21. The molecule has 0 saturated carbocycles. The van der Waals surface area contributed by atoms with Gasteiger partial charge in [0.2, 0.25) is 0 Å². The third kappa shape index (κ3) is 3.82.